The van der Waals surface area contributed by atoms with Gasteiger partial charge in [-0.05, 0) is 37.3 Å². The van der Waals surface area contributed by atoms with Gasteiger partial charge in [-0.25, -0.2) is 0 Å². The van der Waals surface area contributed by atoms with Crippen LogP contribution in [0, 0.1) is 6.92 Å². The molecule has 4 heterocycles. The molecule has 2 saturated heterocycles. The highest BCUT2D eigenvalue weighted by Crippen LogP contribution is 2.35. The molecular weight excluding hydrogens is 326 g/mol. The lowest BCUT2D eigenvalue weighted by atomic mass is 9.89. The first-order chi connectivity index (χ1) is 11.7. The van der Waals surface area contributed by atoms with Crippen molar-refractivity contribution in [1.29, 1.82) is 0 Å². The number of ether oxygens (including phenoxy) is 1. The zero-order valence-electron chi connectivity index (χ0n) is 13.4. The predicted octanol–water partition coefficient (Wildman–Crippen LogP) is 2.63. The molecule has 6 nitrogen and oxygen atoms in total. The second-order valence-corrected chi connectivity index (χ2v) is 7.20. The van der Waals surface area contributed by atoms with Crippen molar-refractivity contribution in [2.24, 2.45) is 0 Å². The van der Waals surface area contributed by atoms with Gasteiger partial charge in [0, 0.05) is 24.1 Å². The van der Waals surface area contributed by atoms with Gasteiger partial charge in [0.05, 0.1) is 18.1 Å². The maximum absolute atomic E-state index is 12.7. The first kappa shape index (κ1) is 15.5. The van der Waals surface area contributed by atoms with Gasteiger partial charge >= 0.3 is 0 Å². The molecule has 24 heavy (non-hydrogen) atoms. The van der Waals surface area contributed by atoms with Gasteiger partial charge in [-0.2, -0.15) is 4.98 Å². The molecule has 2 aromatic rings. The van der Waals surface area contributed by atoms with Crippen LogP contribution in [0.25, 0.3) is 6.08 Å². The third-order valence-corrected chi connectivity index (χ3v) is 5.46. The molecular formula is C17H19N3O3S. The molecule has 0 spiro atoms. The van der Waals surface area contributed by atoms with Gasteiger partial charge in [0.15, 0.2) is 5.82 Å². The molecule has 3 atom stereocenters. The normalized spacial score (nSPS) is 26.9. The van der Waals surface area contributed by atoms with E-state index < -0.39 is 0 Å². The monoisotopic (exact) mass is 345 g/mol. The predicted molar refractivity (Wildman–Crippen MR) is 89.6 cm³/mol. The van der Waals surface area contributed by atoms with Crippen LogP contribution in [0.15, 0.2) is 28.1 Å². The van der Waals surface area contributed by atoms with Crippen LogP contribution in [0.4, 0.5) is 0 Å². The Morgan fingerprint density at radius 1 is 1.50 bits per heavy atom. The number of likely N-dealkylation sites (tertiary alicyclic amines) is 1. The van der Waals surface area contributed by atoms with E-state index in [1.54, 1.807) is 24.3 Å². The molecule has 0 aliphatic carbocycles. The molecule has 0 bridgehead atoms. The maximum atomic E-state index is 12.7. The zero-order valence-corrected chi connectivity index (χ0v) is 14.2. The molecule has 4 rings (SSSR count). The standard InChI is InChI=1S/C17H19N3O3S/c1-11-18-17(23-19-11)12-9-15-14(6-7-22-15)20(10-12)16(21)5-4-13-3-2-8-24-13/h2-5,8,12,14-15H,6-7,9-10H2,1H3/b5-4+/t12-,14-,15-/m0/s1. The van der Waals surface area contributed by atoms with Gasteiger partial charge in [0.25, 0.3) is 0 Å². The summed E-state index contributed by atoms with van der Waals surface area (Å²) in [6, 6.07) is 4.12. The third kappa shape index (κ3) is 3.01. The van der Waals surface area contributed by atoms with Gasteiger partial charge in [0.2, 0.25) is 11.8 Å². The van der Waals surface area contributed by atoms with Gasteiger partial charge in [0.1, 0.15) is 0 Å². The lowest BCUT2D eigenvalue weighted by Gasteiger charge is -2.39. The Morgan fingerprint density at radius 2 is 2.42 bits per heavy atom. The number of carbonyl (C=O) groups is 1. The van der Waals surface area contributed by atoms with Crippen molar-refractivity contribution in [2.75, 3.05) is 13.2 Å². The number of aryl methyl sites for hydroxylation is 1. The van der Waals surface area contributed by atoms with Crippen LogP contribution in [-0.2, 0) is 9.53 Å². The summed E-state index contributed by atoms with van der Waals surface area (Å²) >= 11 is 1.62. The average Bonchev–Trinajstić information content (AvgIpc) is 3.32. The molecule has 126 valence electrons. The number of carbonyl (C=O) groups excluding carboxylic acids is 1. The van der Waals surface area contributed by atoms with Crippen LogP contribution < -0.4 is 0 Å². The Hall–Kier alpha value is -1.99. The minimum Gasteiger partial charge on any atom is -0.376 e. The summed E-state index contributed by atoms with van der Waals surface area (Å²) in [5.41, 5.74) is 0. The van der Waals surface area contributed by atoms with Gasteiger partial charge in [-0.3, -0.25) is 4.79 Å². The van der Waals surface area contributed by atoms with E-state index in [-0.39, 0.29) is 24.0 Å². The van der Waals surface area contributed by atoms with E-state index in [1.165, 1.54) is 0 Å². The van der Waals surface area contributed by atoms with Crippen molar-refractivity contribution in [2.45, 2.75) is 37.8 Å². The molecule has 0 saturated carbocycles. The molecule has 0 aromatic carbocycles. The van der Waals surface area contributed by atoms with Crippen molar-refractivity contribution < 1.29 is 14.1 Å². The van der Waals surface area contributed by atoms with Crippen molar-refractivity contribution >= 4 is 23.3 Å². The lowest BCUT2D eigenvalue weighted by molar-refractivity contribution is -0.132. The summed E-state index contributed by atoms with van der Waals surface area (Å²) in [6.07, 6.45) is 5.29. The zero-order chi connectivity index (χ0) is 16.5. The summed E-state index contributed by atoms with van der Waals surface area (Å²) < 4.78 is 11.2. The molecule has 0 N–H and O–H groups in total. The Morgan fingerprint density at radius 3 is 3.17 bits per heavy atom. The topological polar surface area (TPSA) is 68.5 Å². The second-order valence-electron chi connectivity index (χ2n) is 6.22. The molecule has 1 amide bonds. The van der Waals surface area contributed by atoms with Crippen LogP contribution in [0.1, 0.15) is 35.4 Å². The highest BCUT2D eigenvalue weighted by atomic mass is 32.1. The first-order valence-electron chi connectivity index (χ1n) is 8.14. The van der Waals surface area contributed by atoms with Crippen LogP contribution in [0.5, 0.6) is 0 Å². The van der Waals surface area contributed by atoms with Crippen molar-refractivity contribution in [3.63, 3.8) is 0 Å². The number of nitrogens with zero attached hydrogens (tertiary/aromatic N) is 3. The van der Waals surface area contributed by atoms with Crippen LogP contribution in [-0.4, -0.2) is 46.2 Å². The Bertz CT molecular complexity index is 740. The Kier molecular flexibility index (Phi) is 4.20. The Balaban J connectivity index is 1.54. The van der Waals surface area contributed by atoms with Gasteiger partial charge < -0.3 is 14.2 Å². The first-order valence-corrected chi connectivity index (χ1v) is 9.02. The number of fused-ring (bicyclic) bond motifs is 1. The van der Waals surface area contributed by atoms with Gasteiger partial charge in [-0.15, -0.1) is 11.3 Å². The SMILES string of the molecule is Cc1noc([C@H]2C[C@@H]3OCC[C@@H]3N(C(=O)/C=C/c3cccs3)C2)n1. The number of aromatic nitrogens is 2. The smallest absolute Gasteiger partial charge is 0.246 e. The fourth-order valence-corrected chi connectivity index (χ4v) is 4.11. The quantitative estimate of drug-likeness (QED) is 0.800. The fourth-order valence-electron chi connectivity index (χ4n) is 3.49. The number of rotatable bonds is 3. The van der Waals surface area contributed by atoms with E-state index in [0.717, 1.165) is 17.7 Å². The largest absolute Gasteiger partial charge is 0.376 e. The number of hydrogen-bond acceptors (Lipinski definition) is 6. The summed E-state index contributed by atoms with van der Waals surface area (Å²) in [5.74, 6) is 1.27. The fraction of sp³-hybridized carbons (Fsp3) is 0.471. The van der Waals surface area contributed by atoms with Crippen LogP contribution in [0.3, 0.4) is 0 Å². The van der Waals surface area contributed by atoms with E-state index in [0.29, 0.717) is 24.9 Å². The minimum absolute atomic E-state index is 0.0184. The average molecular weight is 345 g/mol. The van der Waals surface area contributed by atoms with E-state index in [1.807, 2.05) is 28.5 Å². The molecule has 7 heteroatoms. The Labute approximate surface area is 144 Å². The summed E-state index contributed by atoms with van der Waals surface area (Å²) in [4.78, 5) is 20.1. The molecule has 2 aliphatic rings. The van der Waals surface area contributed by atoms with Crippen LogP contribution in [0.2, 0.25) is 0 Å². The van der Waals surface area contributed by atoms with E-state index in [9.17, 15) is 4.79 Å². The van der Waals surface area contributed by atoms with E-state index in [2.05, 4.69) is 10.1 Å². The highest BCUT2D eigenvalue weighted by molar-refractivity contribution is 7.10. The second kappa shape index (κ2) is 6.49. The minimum atomic E-state index is 0.0184. The van der Waals surface area contributed by atoms with Gasteiger partial charge in [-0.1, -0.05) is 11.2 Å². The molecule has 0 radical (unpaired) electrons. The molecule has 2 aromatic heterocycles. The summed E-state index contributed by atoms with van der Waals surface area (Å²) in [6.45, 7) is 3.10. The number of amides is 1. The lowest BCUT2D eigenvalue weighted by Crippen LogP contribution is -2.51. The van der Waals surface area contributed by atoms with E-state index >= 15 is 0 Å². The molecule has 0 unspecified atom stereocenters. The molecule has 2 aliphatic heterocycles. The highest BCUT2D eigenvalue weighted by Gasteiger charge is 2.43. The van der Waals surface area contributed by atoms with Crippen LogP contribution >= 0.6 is 11.3 Å². The maximum Gasteiger partial charge on any atom is 0.246 e. The molecule has 2 fully saturated rings. The summed E-state index contributed by atoms with van der Waals surface area (Å²) in [7, 11) is 0. The van der Waals surface area contributed by atoms with E-state index in [4.69, 9.17) is 9.26 Å². The third-order valence-electron chi connectivity index (χ3n) is 4.62. The number of piperidine rings is 1. The van der Waals surface area contributed by atoms with Crippen molar-refractivity contribution in [1.82, 2.24) is 15.0 Å². The number of hydrogen-bond donors (Lipinski definition) is 0. The van der Waals surface area contributed by atoms with Crippen molar-refractivity contribution in [3.05, 3.63) is 40.2 Å². The van der Waals surface area contributed by atoms with Crippen molar-refractivity contribution in [3.8, 4) is 0 Å². The number of thiophene rings is 1. The summed E-state index contributed by atoms with van der Waals surface area (Å²) in [5, 5.41) is 5.87.